The molecule has 0 saturated carbocycles. The zero-order valence-electron chi connectivity index (χ0n) is 11.9. The molecule has 6 heteroatoms. The van der Waals surface area contributed by atoms with Crippen LogP contribution in [0.3, 0.4) is 0 Å². The lowest BCUT2D eigenvalue weighted by atomic mass is 9.77. The van der Waals surface area contributed by atoms with E-state index in [0.717, 1.165) is 5.69 Å². The molecule has 3 heterocycles. The van der Waals surface area contributed by atoms with Crippen LogP contribution in [0.1, 0.15) is 0 Å². The van der Waals surface area contributed by atoms with Crippen LogP contribution in [-0.4, -0.2) is 37.2 Å². The molecule has 2 bridgehead atoms. The molecule has 4 atom stereocenters. The first-order valence-electron chi connectivity index (χ1n) is 7.08. The van der Waals surface area contributed by atoms with Crippen LogP contribution in [0.2, 0.25) is 5.02 Å². The molecule has 3 aliphatic heterocycles. The maximum absolute atomic E-state index is 12.9. The normalized spacial score (nSPS) is 35.1. The van der Waals surface area contributed by atoms with E-state index < -0.39 is 23.4 Å². The zero-order valence-corrected chi connectivity index (χ0v) is 12.6. The van der Waals surface area contributed by atoms with E-state index in [2.05, 4.69) is 0 Å². The molecule has 0 radical (unpaired) electrons. The third-order valence-electron chi connectivity index (χ3n) is 4.71. The number of fused-ring (bicyclic) bond motifs is 1. The van der Waals surface area contributed by atoms with Crippen LogP contribution in [0, 0.1) is 11.8 Å². The number of halogens is 1. The maximum Gasteiger partial charge on any atom is 0.312 e. The maximum atomic E-state index is 12.9. The standard InChI is InChI=1S/C16H14ClNO4/c1-21-15(20)12-11-6-7-16(22-11)8-18(14(19)13(12)16)10-4-2-9(17)3-5-10/h2-7,11-13H,8H2,1H3/t11-,12-,13-,16+/m1/s1. The number of ether oxygens (including phenoxy) is 2. The molecular weight excluding hydrogens is 306 g/mol. The molecule has 1 aromatic carbocycles. The van der Waals surface area contributed by atoms with Gasteiger partial charge in [-0.3, -0.25) is 9.59 Å². The molecule has 0 N–H and O–H groups in total. The largest absolute Gasteiger partial charge is 0.469 e. The lowest BCUT2D eigenvalue weighted by Crippen LogP contribution is -2.39. The van der Waals surface area contributed by atoms with E-state index in [1.165, 1.54) is 7.11 Å². The summed E-state index contributed by atoms with van der Waals surface area (Å²) in [6, 6.07) is 7.06. The minimum atomic E-state index is -0.722. The van der Waals surface area contributed by atoms with Crippen molar-refractivity contribution in [2.45, 2.75) is 11.7 Å². The van der Waals surface area contributed by atoms with Gasteiger partial charge in [0, 0.05) is 10.7 Å². The van der Waals surface area contributed by atoms with E-state index >= 15 is 0 Å². The minimum absolute atomic E-state index is 0.107. The molecule has 1 amide bonds. The lowest BCUT2D eigenvalue weighted by molar-refractivity contribution is -0.149. The first-order chi connectivity index (χ1) is 10.6. The van der Waals surface area contributed by atoms with Crippen molar-refractivity contribution in [1.29, 1.82) is 0 Å². The predicted molar refractivity (Wildman–Crippen MR) is 79.5 cm³/mol. The van der Waals surface area contributed by atoms with Gasteiger partial charge < -0.3 is 14.4 Å². The van der Waals surface area contributed by atoms with Crippen molar-refractivity contribution in [3.05, 3.63) is 41.4 Å². The number of rotatable bonds is 2. The molecule has 22 heavy (non-hydrogen) atoms. The summed E-state index contributed by atoms with van der Waals surface area (Å²) >= 11 is 5.89. The van der Waals surface area contributed by atoms with Crippen molar-refractivity contribution in [1.82, 2.24) is 0 Å². The molecule has 1 spiro atoms. The van der Waals surface area contributed by atoms with Gasteiger partial charge in [-0.1, -0.05) is 23.8 Å². The van der Waals surface area contributed by atoms with Crippen LogP contribution in [0.5, 0.6) is 0 Å². The summed E-state index contributed by atoms with van der Waals surface area (Å²) in [7, 11) is 1.33. The Balaban J connectivity index is 1.71. The number of benzene rings is 1. The Hall–Kier alpha value is -1.85. The fraction of sp³-hybridized carbons (Fsp3) is 0.375. The Morgan fingerprint density at radius 3 is 2.82 bits per heavy atom. The lowest BCUT2D eigenvalue weighted by Gasteiger charge is -2.22. The zero-order chi connectivity index (χ0) is 15.5. The van der Waals surface area contributed by atoms with Crippen molar-refractivity contribution in [3.8, 4) is 0 Å². The third kappa shape index (κ3) is 1.69. The second-order valence-electron chi connectivity index (χ2n) is 5.82. The Morgan fingerprint density at radius 1 is 1.41 bits per heavy atom. The second kappa shape index (κ2) is 4.57. The fourth-order valence-corrected chi connectivity index (χ4v) is 3.87. The van der Waals surface area contributed by atoms with Crippen LogP contribution in [0.15, 0.2) is 36.4 Å². The predicted octanol–water partition coefficient (Wildman–Crippen LogP) is 1.80. The van der Waals surface area contributed by atoms with E-state index in [-0.39, 0.29) is 12.0 Å². The van der Waals surface area contributed by atoms with Crippen molar-refractivity contribution in [2.24, 2.45) is 11.8 Å². The van der Waals surface area contributed by atoms with Gasteiger partial charge in [0.1, 0.15) is 11.5 Å². The Kier molecular flexibility index (Phi) is 2.86. The van der Waals surface area contributed by atoms with Crippen molar-refractivity contribution in [3.63, 3.8) is 0 Å². The number of esters is 1. The van der Waals surface area contributed by atoms with Crippen LogP contribution < -0.4 is 4.90 Å². The summed E-state index contributed by atoms with van der Waals surface area (Å²) < 4.78 is 10.8. The molecule has 0 unspecified atom stereocenters. The van der Waals surface area contributed by atoms with Gasteiger partial charge in [0.15, 0.2) is 0 Å². The first kappa shape index (κ1) is 13.8. The summed E-state index contributed by atoms with van der Waals surface area (Å²) in [5.74, 6) is -1.59. The summed E-state index contributed by atoms with van der Waals surface area (Å²) in [5.41, 5.74) is 0.0301. The monoisotopic (exact) mass is 319 g/mol. The van der Waals surface area contributed by atoms with Crippen LogP contribution >= 0.6 is 11.6 Å². The molecule has 114 valence electrons. The number of nitrogens with zero attached hydrogens (tertiary/aromatic N) is 1. The van der Waals surface area contributed by atoms with E-state index in [1.807, 2.05) is 12.2 Å². The van der Waals surface area contributed by atoms with Crippen LogP contribution in [0.25, 0.3) is 0 Å². The van der Waals surface area contributed by atoms with E-state index in [4.69, 9.17) is 21.1 Å². The number of amides is 1. The quantitative estimate of drug-likeness (QED) is 0.616. The first-order valence-corrected chi connectivity index (χ1v) is 7.45. The van der Waals surface area contributed by atoms with Crippen molar-refractivity contribution < 1.29 is 19.1 Å². The van der Waals surface area contributed by atoms with Crippen LogP contribution in [-0.2, 0) is 19.1 Å². The molecule has 2 saturated heterocycles. The highest BCUT2D eigenvalue weighted by Gasteiger charge is 2.67. The van der Waals surface area contributed by atoms with Gasteiger partial charge in [-0.05, 0) is 24.3 Å². The topological polar surface area (TPSA) is 55.8 Å². The van der Waals surface area contributed by atoms with Gasteiger partial charge in [0.05, 0.1) is 25.7 Å². The second-order valence-corrected chi connectivity index (χ2v) is 6.26. The van der Waals surface area contributed by atoms with Crippen molar-refractivity contribution in [2.75, 3.05) is 18.6 Å². The van der Waals surface area contributed by atoms with E-state index in [0.29, 0.717) is 11.6 Å². The number of anilines is 1. The fourth-order valence-electron chi connectivity index (χ4n) is 3.74. The third-order valence-corrected chi connectivity index (χ3v) is 4.96. The van der Waals surface area contributed by atoms with Crippen molar-refractivity contribution >= 4 is 29.2 Å². The average Bonchev–Trinajstić information content (AvgIpc) is 3.16. The van der Waals surface area contributed by atoms with Gasteiger partial charge in [-0.2, -0.15) is 0 Å². The highest BCUT2D eigenvalue weighted by molar-refractivity contribution is 6.30. The molecule has 3 aliphatic rings. The highest BCUT2D eigenvalue weighted by atomic mass is 35.5. The van der Waals surface area contributed by atoms with Gasteiger partial charge in [0.2, 0.25) is 5.91 Å². The smallest absolute Gasteiger partial charge is 0.312 e. The summed E-state index contributed by atoms with van der Waals surface area (Å²) in [6.07, 6.45) is 3.40. The summed E-state index contributed by atoms with van der Waals surface area (Å²) in [4.78, 5) is 26.6. The van der Waals surface area contributed by atoms with Gasteiger partial charge in [-0.25, -0.2) is 0 Å². The molecule has 1 aromatic rings. The molecule has 0 aromatic heterocycles. The molecule has 2 fully saturated rings. The van der Waals surface area contributed by atoms with E-state index in [9.17, 15) is 9.59 Å². The Labute approximate surface area is 132 Å². The number of hydrogen-bond acceptors (Lipinski definition) is 4. The van der Waals surface area contributed by atoms with Crippen LogP contribution in [0.4, 0.5) is 5.69 Å². The van der Waals surface area contributed by atoms with Gasteiger partial charge in [-0.15, -0.1) is 0 Å². The number of hydrogen-bond donors (Lipinski definition) is 0. The molecule has 0 aliphatic carbocycles. The molecular formula is C16H14ClNO4. The summed E-state index contributed by atoms with van der Waals surface area (Å²) in [6.45, 7) is 0.401. The SMILES string of the molecule is COC(=O)[C@@H]1[C@H]2C=C[C@@]3(CN(c4ccc(Cl)cc4)C(=O)[C@@H]13)O2. The molecule has 4 rings (SSSR count). The van der Waals surface area contributed by atoms with Gasteiger partial charge >= 0.3 is 5.97 Å². The Bertz CT molecular complexity index is 686. The van der Waals surface area contributed by atoms with Gasteiger partial charge in [0.25, 0.3) is 0 Å². The highest BCUT2D eigenvalue weighted by Crippen LogP contribution is 2.52. The van der Waals surface area contributed by atoms with E-state index in [1.54, 1.807) is 29.2 Å². The number of carbonyl (C=O) groups excluding carboxylic acids is 2. The number of methoxy groups -OCH3 is 1. The molecule has 5 nitrogen and oxygen atoms in total. The Morgan fingerprint density at radius 2 is 2.14 bits per heavy atom. The number of carbonyl (C=O) groups is 2. The average molecular weight is 320 g/mol. The minimum Gasteiger partial charge on any atom is -0.469 e. The summed E-state index contributed by atoms with van der Waals surface area (Å²) in [5, 5.41) is 0.610.